The smallest absolute Gasteiger partial charge is 0.407 e. The van der Waals surface area contributed by atoms with Crippen LogP contribution in [0.5, 0.6) is 5.75 Å². The molecule has 0 atom stereocenters. The standard InChI is InChI=1S/C18H19N3O3/c19-14-4-1-3-13(11-14)12-21(18(22)23)9-10-24-17-6-2-5-16-15(17)7-8-20-16/h1-8,11,20H,9-10,12,19H2,(H,22,23). The van der Waals surface area contributed by atoms with Crippen LogP contribution in [0, 0.1) is 0 Å². The number of hydrogen-bond acceptors (Lipinski definition) is 3. The molecular formula is C18H19N3O3. The summed E-state index contributed by atoms with van der Waals surface area (Å²) in [6, 6.07) is 14.9. The Morgan fingerprint density at radius 2 is 2.04 bits per heavy atom. The number of aromatic amines is 1. The van der Waals surface area contributed by atoms with Crippen molar-refractivity contribution in [3.05, 3.63) is 60.3 Å². The first-order valence-corrected chi connectivity index (χ1v) is 7.64. The molecule has 2 aromatic carbocycles. The van der Waals surface area contributed by atoms with Crippen molar-refractivity contribution >= 4 is 22.7 Å². The second-order valence-corrected chi connectivity index (χ2v) is 5.49. The number of benzene rings is 2. The Morgan fingerprint density at radius 3 is 2.83 bits per heavy atom. The van der Waals surface area contributed by atoms with Crippen molar-refractivity contribution in [3.63, 3.8) is 0 Å². The van der Waals surface area contributed by atoms with Crippen molar-refractivity contribution in [2.75, 3.05) is 18.9 Å². The number of nitrogens with one attached hydrogen (secondary N) is 1. The molecule has 0 aliphatic carbocycles. The number of anilines is 1. The van der Waals surface area contributed by atoms with Crippen LogP contribution in [0.15, 0.2) is 54.7 Å². The van der Waals surface area contributed by atoms with Crippen LogP contribution in [0.4, 0.5) is 10.5 Å². The topological polar surface area (TPSA) is 91.6 Å². The van der Waals surface area contributed by atoms with Crippen molar-refractivity contribution in [1.29, 1.82) is 0 Å². The van der Waals surface area contributed by atoms with Gasteiger partial charge in [0.05, 0.1) is 6.54 Å². The highest BCUT2D eigenvalue weighted by atomic mass is 16.5. The van der Waals surface area contributed by atoms with Crippen LogP contribution in [-0.4, -0.2) is 34.2 Å². The van der Waals surface area contributed by atoms with Gasteiger partial charge in [-0.2, -0.15) is 0 Å². The number of amides is 1. The molecule has 0 aliphatic rings. The summed E-state index contributed by atoms with van der Waals surface area (Å²) in [6.07, 6.45) is 0.863. The summed E-state index contributed by atoms with van der Waals surface area (Å²) in [5.41, 5.74) is 8.19. The van der Waals surface area contributed by atoms with E-state index in [1.165, 1.54) is 4.90 Å². The highest BCUT2D eigenvalue weighted by molar-refractivity contribution is 5.85. The number of carbonyl (C=O) groups is 1. The summed E-state index contributed by atoms with van der Waals surface area (Å²) in [7, 11) is 0. The Hall–Kier alpha value is -3.15. The predicted molar refractivity (Wildman–Crippen MR) is 93.1 cm³/mol. The SMILES string of the molecule is Nc1cccc(CN(CCOc2cccc3[nH]ccc23)C(=O)O)c1. The molecule has 3 aromatic rings. The average molecular weight is 325 g/mol. The van der Waals surface area contributed by atoms with E-state index in [4.69, 9.17) is 10.5 Å². The monoisotopic (exact) mass is 325 g/mol. The highest BCUT2D eigenvalue weighted by Crippen LogP contribution is 2.24. The molecule has 24 heavy (non-hydrogen) atoms. The maximum absolute atomic E-state index is 11.4. The van der Waals surface area contributed by atoms with Gasteiger partial charge in [-0.05, 0) is 35.9 Å². The first kappa shape index (κ1) is 15.7. The molecule has 0 spiro atoms. The van der Waals surface area contributed by atoms with Crippen LogP contribution >= 0.6 is 0 Å². The number of fused-ring (bicyclic) bond motifs is 1. The zero-order valence-electron chi connectivity index (χ0n) is 13.1. The summed E-state index contributed by atoms with van der Waals surface area (Å²) >= 11 is 0. The molecule has 0 unspecified atom stereocenters. The van der Waals surface area contributed by atoms with Gasteiger partial charge in [-0.1, -0.05) is 18.2 Å². The van der Waals surface area contributed by atoms with Crippen molar-refractivity contribution in [2.24, 2.45) is 0 Å². The van der Waals surface area contributed by atoms with Gasteiger partial charge in [-0.25, -0.2) is 4.79 Å². The van der Waals surface area contributed by atoms with Gasteiger partial charge < -0.3 is 25.5 Å². The van der Waals surface area contributed by atoms with E-state index in [1.54, 1.807) is 12.1 Å². The van der Waals surface area contributed by atoms with Gasteiger partial charge in [-0.3, -0.25) is 0 Å². The fourth-order valence-electron chi connectivity index (χ4n) is 2.60. The van der Waals surface area contributed by atoms with Crippen LogP contribution in [0.25, 0.3) is 10.9 Å². The number of aromatic nitrogens is 1. The number of nitrogens with zero attached hydrogens (tertiary/aromatic N) is 1. The summed E-state index contributed by atoms with van der Waals surface area (Å²) in [5, 5.41) is 10.4. The van der Waals surface area contributed by atoms with E-state index < -0.39 is 6.09 Å². The van der Waals surface area contributed by atoms with Crippen molar-refractivity contribution in [3.8, 4) is 5.75 Å². The molecule has 0 saturated carbocycles. The molecule has 1 heterocycles. The third-order valence-electron chi connectivity index (χ3n) is 3.77. The Kier molecular flexibility index (Phi) is 4.56. The van der Waals surface area contributed by atoms with E-state index in [0.29, 0.717) is 5.69 Å². The van der Waals surface area contributed by atoms with Gasteiger partial charge in [0.15, 0.2) is 0 Å². The Morgan fingerprint density at radius 1 is 1.21 bits per heavy atom. The molecule has 1 amide bonds. The number of nitrogens with two attached hydrogens (primary N) is 1. The average Bonchev–Trinajstić information content (AvgIpc) is 3.03. The fraction of sp³-hybridized carbons (Fsp3) is 0.167. The lowest BCUT2D eigenvalue weighted by Crippen LogP contribution is -2.32. The number of rotatable bonds is 6. The molecule has 6 heteroatoms. The fourth-order valence-corrected chi connectivity index (χ4v) is 2.60. The lowest BCUT2D eigenvalue weighted by atomic mass is 10.2. The van der Waals surface area contributed by atoms with E-state index in [0.717, 1.165) is 22.2 Å². The second-order valence-electron chi connectivity index (χ2n) is 5.49. The molecule has 0 saturated heterocycles. The Labute approximate surface area is 139 Å². The summed E-state index contributed by atoms with van der Waals surface area (Å²) in [4.78, 5) is 15.9. The normalized spacial score (nSPS) is 10.7. The van der Waals surface area contributed by atoms with Gasteiger partial charge >= 0.3 is 6.09 Å². The molecule has 6 nitrogen and oxygen atoms in total. The maximum Gasteiger partial charge on any atom is 0.407 e. The second kappa shape index (κ2) is 6.95. The lowest BCUT2D eigenvalue weighted by molar-refractivity contribution is 0.132. The molecule has 0 fully saturated rings. The van der Waals surface area contributed by atoms with E-state index in [9.17, 15) is 9.90 Å². The molecule has 0 aliphatic heterocycles. The maximum atomic E-state index is 11.4. The molecule has 3 rings (SSSR count). The molecular weight excluding hydrogens is 306 g/mol. The van der Waals surface area contributed by atoms with Crippen LogP contribution in [-0.2, 0) is 6.54 Å². The van der Waals surface area contributed by atoms with Gasteiger partial charge in [0, 0.05) is 29.3 Å². The number of carboxylic acid groups (broad SMARTS) is 1. The molecule has 0 bridgehead atoms. The Balaban J connectivity index is 1.62. The van der Waals surface area contributed by atoms with Gasteiger partial charge in [0.1, 0.15) is 12.4 Å². The lowest BCUT2D eigenvalue weighted by Gasteiger charge is -2.20. The zero-order chi connectivity index (χ0) is 16.9. The van der Waals surface area contributed by atoms with E-state index in [2.05, 4.69) is 4.98 Å². The van der Waals surface area contributed by atoms with Crippen molar-refractivity contribution < 1.29 is 14.6 Å². The first-order valence-electron chi connectivity index (χ1n) is 7.64. The summed E-state index contributed by atoms with van der Waals surface area (Å²) in [6.45, 7) is 0.821. The molecule has 124 valence electrons. The number of ether oxygens (including phenoxy) is 1. The number of nitrogen functional groups attached to an aromatic ring is 1. The van der Waals surface area contributed by atoms with Gasteiger partial charge in [-0.15, -0.1) is 0 Å². The quantitative estimate of drug-likeness (QED) is 0.606. The molecule has 4 N–H and O–H groups in total. The van der Waals surface area contributed by atoms with Crippen LogP contribution in [0.2, 0.25) is 0 Å². The largest absolute Gasteiger partial charge is 0.491 e. The van der Waals surface area contributed by atoms with Crippen LogP contribution in [0.3, 0.4) is 0 Å². The Bertz CT molecular complexity index is 844. The number of H-pyrrole nitrogens is 1. The summed E-state index contributed by atoms with van der Waals surface area (Å²) in [5.74, 6) is 0.739. The van der Waals surface area contributed by atoms with Crippen molar-refractivity contribution in [1.82, 2.24) is 9.88 Å². The van der Waals surface area contributed by atoms with Crippen LogP contribution < -0.4 is 10.5 Å². The van der Waals surface area contributed by atoms with E-state index in [-0.39, 0.29) is 19.7 Å². The molecule has 0 radical (unpaired) electrons. The minimum Gasteiger partial charge on any atom is -0.491 e. The third-order valence-corrected chi connectivity index (χ3v) is 3.77. The molecule has 1 aromatic heterocycles. The zero-order valence-corrected chi connectivity index (χ0v) is 13.1. The van der Waals surface area contributed by atoms with Crippen molar-refractivity contribution in [2.45, 2.75) is 6.54 Å². The predicted octanol–water partition coefficient (Wildman–Crippen LogP) is 3.31. The third kappa shape index (κ3) is 3.60. The van der Waals surface area contributed by atoms with Gasteiger partial charge in [0.2, 0.25) is 0 Å². The highest BCUT2D eigenvalue weighted by Gasteiger charge is 2.13. The number of hydrogen-bond donors (Lipinski definition) is 3. The summed E-state index contributed by atoms with van der Waals surface area (Å²) < 4.78 is 5.77. The van der Waals surface area contributed by atoms with Crippen LogP contribution in [0.1, 0.15) is 5.56 Å². The minimum absolute atomic E-state index is 0.269. The van der Waals surface area contributed by atoms with E-state index >= 15 is 0 Å². The first-order chi connectivity index (χ1) is 11.6. The van der Waals surface area contributed by atoms with Gasteiger partial charge in [0.25, 0.3) is 0 Å². The van der Waals surface area contributed by atoms with E-state index in [1.807, 2.05) is 42.6 Å². The minimum atomic E-state index is -0.985.